The summed E-state index contributed by atoms with van der Waals surface area (Å²) in [6.07, 6.45) is 0.911. The van der Waals surface area contributed by atoms with Crippen molar-refractivity contribution in [3.8, 4) is 5.75 Å². The number of nitrogens with zero attached hydrogens (tertiary/aromatic N) is 1. The summed E-state index contributed by atoms with van der Waals surface area (Å²) in [5.41, 5.74) is 0.333. The van der Waals surface area contributed by atoms with Gasteiger partial charge in [0.15, 0.2) is 0 Å². The highest BCUT2D eigenvalue weighted by Crippen LogP contribution is 2.26. The maximum Gasteiger partial charge on any atom is 0.407 e. The van der Waals surface area contributed by atoms with Crippen LogP contribution in [0.4, 0.5) is 10.5 Å². The Kier molecular flexibility index (Phi) is 14.1. The summed E-state index contributed by atoms with van der Waals surface area (Å²) in [5, 5.41) is 15.6. The standard InChI is InChI=1S/C30H49N3O8/c1-20-16-22(39-8)13-14-23(20)32-27(37)24(33(25(35)19-34)15-11-10-12-26(36)40-9)17-21(18-29(2,3)4)31-28(38)41-30(5,6)7/h13-14,16,21,24,34H,10-12,15,17-19H2,1-9H3,(H,31,38)(H,32,37). The van der Waals surface area contributed by atoms with Gasteiger partial charge in [0.05, 0.1) is 14.2 Å². The van der Waals surface area contributed by atoms with Gasteiger partial charge in [-0.25, -0.2) is 4.79 Å². The van der Waals surface area contributed by atoms with Crippen molar-refractivity contribution in [2.75, 3.05) is 32.7 Å². The van der Waals surface area contributed by atoms with Crippen LogP contribution in [0.1, 0.15) is 79.2 Å². The van der Waals surface area contributed by atoms with Gasteiger partial charge in [-0.1, -0.05) is 20.8 Å². The number of carbonyl (C=O) groups excluding carboxylic acids is 4. The van der Waals surface area contributed by atoms with Crippen LogP contribution in [0.3, 0.4) is 0 Å². The number of benzene rings is 1. The van der Waals surface area contributed by atoms with Crippen LogP contribution in [-0.4, -0.2) is 78.9 Å². The molecular weight excluding hydrogens is 530 g/mol. The summed E-state index contributed by atoms with van der Waals surface area (Å²) >= 11 is 0. The SMILES string of the molecule is COC(=O)CCCCN(C(=O)CO)C(CC(CC(C)(C)C)NC(=O)OC(C)(C)C)C(=O)Nc1ccc(OC)cc1C. The van der Waals surface area contributed by atoms with E-state index in [0.29, 0.717) is 30.7 Å². The number of rotatable bonds is 14. The van der Waals surface area contributed by atoms with E-state index < -0.39 is 42.2 Å². The second-order valence-electron chi connectivity index (χ2n) is 12.3. The smallest absolute Gasteiger partial charge is 0.407 e. The van der Waals surface area contributed by atoms with Gasteiger partial charge in [0.1, 0.15) is 24.0 Å². The molecule has 0 bridgehead atoms. The quantitative estimate of drug-likeness (QED) is 0.220. The molecule has 11 nitrogen and oxygen atoms in total. The zero-order valence-corrected chi connectivity index (χ0v) is 26.1. The maximum atomic E-state index is 13.8. The van der Waals surface area contributed by atoms with E-state index in [1.165, 1.54) is 12.0 Å². The highest BCUT2D eigenvalue weighted by atomic mass is 16.6. The fourth-order valence-electron chi connectivity index (χ4n) is 4.37. The number of methoxy groups -OCH3 is 2. The van der Waals surface area contributed by atoms with Crippen molar-refractivity contribution < 1.29 is 38.5 Å². The number of esters is 1. The number of anilines is 1. The Morgan fingerprint density at radius 1 is 1.02 bits per heavy atom. The van der Waals surface area contributed by atoms with Crippen LogP contribution in [-0.2, 0) is 23.9 Å². The number of amides is 3. The van der Waals surface area contributed by atoms with Crippen LogP contribution in [0.2, 0.25) is 0 Å². The van der Waals surface area contributed by atoms with E-state index in [0.717, 1.165) is 5.56 Å². The number of aryl methyl sites for hydroxylation is 1. The molecule has 0 aliphatic heterocycles. The molecule has 0 aliphatic rings. The first-order valence-electron chi connectivity index (χ1n) is 13.9. The lowest BCUT2D eigenvalue weighted by Crippen LogP contribution is -2.53. The zero-order valence-electron chi connectivity index (χ0n) is 26.1. The van der Waals surface area contributed by atoms with E-state index >= 15 is 0 Å². The number of carbonyl (C=O) groups is 4. The van der Waals surface area contributed by atoms with Crippen LogP contribution in [0.5, 0.6) is 5.75 Å². The maximum absolute atomic E-state index is 13.8. The van der Waals surface area contributed by atoms with Crippen LogP contribution < -0.4 is 15.4 Å². The number of ether oxygens (including phenoxy) is 3. The third-order valence-corrected chi connectivity index (χ3v) is 6.17. The lowest BCUT2D eigenvalue weighted by Gasteiger charge is -2.35. The average Bonchev–Trinajstić information content (AvgIpc) is 2.85. The molecule has 1 aromatic rings. The Bertz CT molecular complexity index is 1030. The summed E-state index contributed by atoms with van der Waals surface area (Å²) in [4.78, 5) is 52.5. The summed E-state index contributed by atoms with van der Waals surface area (Å²) in [6.45, 7) is 12.4. The molecule has 41 heavy (non-hydrogen) atoms. The Hall–Kier alpha value is -3.34. The van der Waals surface area contributed by atoms with Gasteiger partial charge in [0, 0.05) is 24.7 Å². The Labute approximate surface area is 244 Å². The molecule has 0 spiro atoms. The Morgan fingerprint density at radius 3 is 2.20 bits per heavy atom. The molecule has 0 saturated heterocycles. The topological polar surface area (TPSA) is 144 Å². The molecule has 1 rings (SSSR count). The van der Waals surface area contributed by atoms with E-state index in [-0.39, 0.29) is 30.8 Å². The van der Waals surface area contributed by atoms with Gasteiger partial charge in [-0.2, -0.15) is 0 Å². The molecule has 232 valence electrons. The fourth-order valence-corrected chi connectivity index (χ4v) is 4.37. The Morgan fingerprint density at radius 2 is 1.68 bits per heavy atom. The monoisotopic (exact) mass is 579 g/mol. The van der Waals surface area contributed by atoms with E-state index in [2.05, 4.69) is 10.6 Å². The van der Waals surface area contributed by atoms with Gasteiger partial charge < -0.3 is 34.9 Å². The van der Waals surface area contributed by atoms with Crippen LogP contribution >= 0.6 is 0 Å². The molecule has 2 atom stereocenters. The number of hydrogen-bond acceptors (Lipinski definition) is 8. The van der Waals surface area contributed by atoms with E-state index in [1.54, 1.807) is 46.1 Å². The predicted molar refractivity (Wildman–Crippen MR) is 157 cm³/mol. The molecule has 0 saturated carbocycles. The molecule has 3 amide bonds. The van der Waals surface area contributed by atoms with Crippen molar-refractivity contribution >= 4 is 29.6 Å². The molecular formula is C30H49N3O8. The van der Waals surface area contributed by atoms with E-state index in [9.17, 15) is 24.3 Å². The number of aliphatic hydroxyl groups is 1. The summed E-state index contributed by atoms with van der Waals surface area (Å²) in [5.74, 6) is -0.855. The van der Waals surface area contributed by atoms with E-state index in [1.807, 2.05) is 27.7 Å². The lowest BCUT2D eigenvalue weighted by atomic mass is 9.85. The third-order valence-electron chi connectivity index (χ3n) is 6.17. The average molecular weight is 580 g/mol. The molecule has 0 aromatic heterocycles. The molecule has 0 fully saturated rings. The number of nitrogens with one attached hydrogen (secondary N) is 2. The van der Waals surface area contributed by atoms with Gasteiger partial charge in [-0.3, -0.25) is 14.4 Å². The minimum absolute atomic E-state index is 0.0697. The van der Waals surface area contributed by atoms with Gasteiger partial charge in [0.2, 0.25) is 11.8 Å². The number of unbranched alkanes of at least 4 members (excludes halogenated alkanes) is 1. The van der Waals surface area contributed by atoms with Crippen molar-refractivity contribution in [2.24, 2.45) is 5.41 Å². The first kappa shape index (κ1) is 35.7. The normalized spacial score (nSPS) is 13.0. The van der Waals surface area contributed by atoms with Crippen LogP contribution in [0.25, 0.3) is 0 Å². The van der Waals surface area contributed by atoms with Gasteiger partial charge >= 0.3 is 12.1 Å². The second kappa shape index (κ2) is 16.2. The number of aliphatic hydroxyl groups excluding tert-OH is 1. The van der Waals surface area contributed by atoms with E-state index in [4.69, 9.17) is 14.2 Å². The Balaban J connectivity index is 3.40. The predicted octanol–water partition coefficient (Wildman–Crippen LogP) is 4.19. The third kappa shape index (κ3) is 13.7. The molecule has 1 aromatic carbocycles. The number of alkyl carbamates (subject to hydrolysis) is 1. The minimum atomic E-state index is -1.04. The fraction of sp³-hybridized carbons (Fsp3) is 0.667. The van der Waals surface area contributed by atoms with Crippen molar-refractivity contribution in [3.05, 3.63) is 23.8 Å². The second-order valence-corrected chi connectivity index (χ2v) is 12.3. The molecule has 0 heterocycles. The minimum Gasteiger partial charge on any atom is -0.497 e. The molecule has 3 N–H and O–H groups in total. The van der Waals surface area contributed by atoms with Crippen molar-refractivity contribution in [3.63, 3.8) is 0 Å². The summed E-state index contributed by atoms with van der Waals surface area (Å²) < 4.78 is 15.4. The highest BCUT2D eigenvalue weighted by molar-refractivity contribution is 5.98. The van der Waals surface area contributed by atoms with Crippen LogP contribution in [0, 0.1) is 12.3 Å². The first-order chi connectivity index (χ1) is 19.0. The van der Waals surface area contributed by atoms with Gasteiger partial charge in [-0.05, 0) is 82.6 Å². The van der Waals surface area contributed by atoms with Crippen LogP contribution in [0.15, 0.2) is 18.2 Å². The zero-order chi connectivity index (χ0) is 31.4. The lowest BCUT2D eigenvalue weighted by molar-refractivity contribution is -0.142. The van der Waals surface area contributed by atoms with Gasteiger partial charge in [0.25, 0.3) is 0 Å². The van der Waals surface area contributed by atoms with Crippen molar-refractivity contribution in [2.45, 2.75) is 98.3 Å². The van der Waals surface area contributed by atoms with Crippen molar-refractivity contribution in [1.29, 1.82) is 0 Å². The molecule has 0 aliphatic carbocycles. The largest absolute Gasteiger partial charge is 0.497 e. The summed E-state index contributed by atoms with van der Waals surface area (Å²) in [6, 6.07) is 3.62. The molecule has 11 heteroatoms. The summed E-state index contributed by atoms with van der Waals surface area (Å²) in [7, 11) is 2.85. The molecule has 2 unspecified atom stereocenters. The molecule has 0 radical (unpaired) electrons. The first-order valence-corrected chi connectivity index (χ1v) is 13.9. The highest BCUT2D eigenvalue weighted by Gasteiger charge is 2.34. The van der Waals surface area contributed by atoms with Gasteiger partial charge in [-0.15, -0.1) is 0 Å². The number of hydrogen-bond donors (Lipinski definition) is 3. The van der Waals surface area contributed by atoms with Crippen molar-refractivity contribution in [1.82, 2.24) is 10.2 Å².